The van der Waals surface area contributed by atoms with E-state index >= 15 is 0 Å². The first-order valence-electron chi connectivity index (χ1n) is 6.15. The molecular weight excluding hydrogens is 222 g/mol. The van der Waals surface area contributed by atoms with Crippen LogP contribution < -0.4 is 0 Å². The molecule has 3 rings (SSSR count). The van der Waals surface area contributed by atoms with Crippen molar-refractivity contribution in [3.05, 3.63) is 71.8 Å². The summed E-state index contributed by atoms with van der Waals surface area (Å²) >= 11 is 0. The molecule has 3 atom stereocenters. The van der Waals surface area contributed by atoms with Crippen LogP contribution in [-0.4, -0.2) is 23.8 Å². The SMILES string of the molecule is CN1[C@H](C(=O)c2ccccc2)[C@@H]1c1ccccc1. The third-order valence-corrected chi connectivity index (χ3v) is 3.55. The molecule has 0 saturated carbocycles. The molecule has 0 spiro atoms. The van der Waals surface area contributed by atoms with Crippen LogP contribution in [0, 0.1) is 0 Å². The molecule has 1 aliphatic heterocycles. The number of rotatable bonds is 3. The molecular formula is C16H15NO. The Morgan fingerprint density at radius 1 is 0.944 bits per heavy atom. The molecule has 2 aromatic carbocycles. The van der Waals surface area contributed by atoms with Crippen LogP contribution in [0.2, 0.25) is 0 Å². The monoisotopic (exact) mass is 237 g/mol. The maximum Gasteiger partial charge on any atom is 0.181 e. The maximum atomic E-state index is 12.4. The van der Waals surface area contributed by atoms with Gasteiger partial charge in [0.2, 0.25) is 0 Å². The predicted octanol–water partition coefficient (Wildman–Crippen LogP) is 2.92. The molecule has 0 amide bonds. The Morgan fingerprint density at radius 2 is 1.50 bits per heavy atom. The lowest BCUT2D eigenvalue weighted by Gasteiger charge is -1.98. The molecule has 0 aromatic heterocycles. The summed E-state index contributed by atoms with van der Waals surface area (Å²) in [4.78, 5) is 14.5. The van der Waals surface area contributed by atoms with E-state index in [1.165, 1.54) is 5.56 Å². The van der Waals surface area contributed by atoms with Crippen LogP contribution in [0.25, 0.3) is 0 Å². The molecule has 0 aliphatic carbocycles. The van der Waals surface area contributed by atoms with Crippen molar-refractivity contribution in [2.24, 2.45) is 0 Å². The maximum absolute atomic E-state index is 12.4. The molecule has 1 unspecified atom stereocenters. The summed E-state index contributed by atoms with van der Waals surface area (Å²) in [6.07, 6.45) is 0. The highest BCUT2D eigenvalue weighted by molar-refractivity contribution is 6.02. The minimum atomic E-state index is -0.00481. The van der Waals surface area contributed by atoms with Gasteiger partial charge in [-0.15, -0.1) is 0 Å². The first-order valence-corrected chi connectivity index (χ1v) is 6.15. The summed E-state index contributed by atoms with van der Waals surface area (Å²) < 4.78 is 0. The van der Waals surface area contributed by atoms with E-state index in [-0.39, 0.29) is 17.9 Å². The zero-order chi connectivity index (χ0) is 12.5. The largest absolute Gasteiger partial charge is 0.292 e. The molecule has 1 saturated heterocycles. The van der Waals surface area contributed by atoms with Gasteiger partial charge < -0.3 is 0 Å². The van der Waals surface area contributed by atoms with Crippen molar-refractivity contribution in [3.8, 4) is 0 Å². The summed E-state index contributed by atoms with van der Waals surface area (Å²) in [5.41, 5.74) is 2.02. The minimum absolute atomic E-state index is 0.00481. The van der Waals surface area contributed by atoms with Crippen LogP contribution >= 0.6 is 0 Å². The van der Waals surface area contributed by atoms with Crippen molar-refractivity contribution in [3.63, 3.8) is 0 Å². The van der Waals surface area contributed by atoms with Crippen LogP contribution in [0.5, 0.6) is 0 Å². The normalized spacial score (nSPS) is 25.7. The Hall–Kier alpha value is -1.93. The van der Waals surface area contributed by atoms with E-state index in [4.69, 9.17) is 0 Å². The molecule has 2 heteroatoms. The highest BCUT2D eigenvalue weighted by Crippen LogP contribution is 2.42. The van der Waals surface area contributed by atoms with E-state index in [0.717, 1.165) is 5.56 Å². The Kier molecular flexibility index (Phi) is 2.73. The fourth-order valence-corrected chi connectivity index (χ4v) is 2.51. The second kappa shape index (κ2) is 4.39. The first-order chi connectivity index (χ1) is 8.79. The summed E-state index contributed by atoms with van der Waals surface area (Å²) in [7, 11) is 2.00. The van der Waals surface area contributed by atoms with Crippen molar-refractivity contribution < 1.29 is 4.79 Å². The number of nitrogens with zero attached hydrogens (tertiary/aromatic N) is 1. The Bertz CT molecular complexity index is 550. The van der Waals surface area contributed by atoms with Crippen molar-refractivity contribution in [2.75, 3.05) is 7.05 Å². The summed E-state index contributed by atoms with van der Waals surface area (Å²) in [5.74, 6) is 0.215. The van der Waals surface area contributed by atoms with E-state index in [1.54, 1.807) is 0 Å². The number of hydrogen-bond donors (Lipinski definition) is 0. The van der Waals surface area contributed by atoms with Crippen molar-refractivity contribution in [2.45, 2.75) is 12.1 Å². The number of ketones is 1. The number of carbonyl (C=O) groups is 1. The lowest BCUT2D eigenvalue weighted by Crippen LogP contribution is -2.11. The fraction of sp³-hybridized carbons (Fsp3) is 0.188. The molecule has 90 valence electrons. The van der Waals surface area contributed by atoms with Gasteiger partial charge in [-0.25, -0.2) is 0 Å². The average Bonchev–Trinajstić information content (AvgIpc) is 3.11. The highest BCUT2D eigenvalue weighted by atomic mass is 16.1. The van der Waals surface area contributed by atoms with Gasteiger partial charge in [-0.1, -0.05) is 60.7 Å². The minimum Gasteiger partial charge on any atom is -0.292 e. The van der Waals surface area contributed by atoms with Gasteiger partial charge in [-0.2, -0.15) is 0 Å². The van der Waals surface area contributed by atoms with Crippen LogP contribution in [0.1, 0.15) is 22.0 Å². The van der Waals surface area contributed by atoms with Crippen molar-refractivity contribution >= 4 is 5.78 Å². The van der Waals surface area contributed by atoms with Gasteiger partial charge in [0, 0.05) is 5.56 Å². The van der Waals surface area contributed by atoms with E-state index in [1.807, 2.05) is 55.6 Å². The highest BCUT2D eigenvalue weighted by Gasteiger charge is 2.50. The lowest BCUT2D eigenvalue weighted by molar-refractivity contribution is 0.0977. The van der Waals surface area contributed by atoms with Crippen LogP contribution in [0.15, 0.2) is 60.7 Å². The van der Waals surface area contributed by atoms with E-state index in [0.29, 0.717) is 0 Å². The van der Waals surface area contributed by atoms with Crippen molar-refractivity contribution in [1.82, 2.24) is 4.90 Å². The predicted molar refractivity (Wildman–Crippen MR) is 71.5 cm³/mol. The Balaban J connectivity index is 1.82. The second-order valence-corrected chi connectivity index (χ2v) is 4.70. The number of Topliss-reactive ketones (excluding diaryl/α,β-unsaturated/α-hetero) is 1. The Labute approximate surface area is 107 Å². The second-order valence-electron chi connectivity index (χ2n) is 4.70. The molecule has 0 N–H and O–H groups in total. The zero-order valence-corrected chi connectivity index (χ0v) is 10.3. The molecule has 2 aromatic rings. The molecule has 18 heavy (non-hydrogen) atoms. The fourth-order valence-electron chi connectivity index (χ4n) is 2.51. The molecule has 1 aliphatic rings. The first kappa shape index (κ1) is 11.2. The van der Waals surface area contributed by atoms with Gasteiger partial charge in [0.05, 0.1) is 12.1 Å². The Morgan fingerprint density at radius 3 is 2.11 bits per heavy atom. The smallest absolute Gasteiger partial charge is 0.181 e. The quantitative estimate of drug-likeness (QED) is 0.604. The van der Waals surface area contributed by atoms with Gasteiger partial charge in [-0.05, 0) is 12.6 Å². The number of hydrogen-bond acceptors (Lipinski definition) is 2. The molecule has 1 fully saturated rings. The van der Waals surface area contributed by atoms with Crippen LogP contribution in [-0.2, 0) is 0 Å². The third kappa shape index (κ3) is 1.85. The molecule has 0 bridgehead atoms. The zero-order valence-electron chi connectivity index (χ0n) is 10.3. The lowest BCUT2D eigenvalue weighted by atomic mass is 10.0. The van der Waals surface area contributed by atoms with Crippen molar-refractivity contribution in [1.29, 1.82) is 0 Å². The summed E-state index contributed by atoms with van der Waals surface area (Å²) in [6.45, 7) is 0. The topological polar surface area (TPSA) is 20.1 Å². The van der Waals surface area contributed by atoms with Gasteiger partial charge in [0.1, 0.15) is 0 Å². The van der Waals surface area contributed by atoms with E-state index in [9.17, 15) is 4.79 Å². The number of benzene rings is 2. The summed E-state index contributed by atoms with van der Waals surface area (Å²) in [5, 5.41) is 0. The molecule has 0 radical (unpaired) electrons. The van der Waals surface area contributed by atoms with E-state index < -0.39 is 0 Å². The van der Waals surface area contributed by atoms with Gasteiger partial charge in [0.15, 0.2) is 5.78 Å². The summed E-state index contributed by atoms with van der Waals surface area (Å²) in [6, 6.07) is 20.0. The molecule has 2 nitrogen and oxygen atoms in total. The van der Waals surface area contributed by atoms with Crippen LogP contribution in [0.3, 0.4) is 0 Å². The van der Waals surface area contributed by atoms with Gasteiger partial charge >= 0.3 is 0 Å². The number of likely N-dealkylation sites (N-methyl/N-ethyl adjacent to an activating group) is 1. The molecule has 1 heterocycles. The van der Waals surface area contributed by atoms with Crippen LogP contribution in [0.4, 0.5) is 0 Å². The van der Waals surface area contributed by atoms with Gasteiger partial charge in [-0.3, -0.25) is 9.69 Å². The average molecular weight is 237 g/mol. The third-order valence-electron chi connectivity index (χ3n) is 3.55. The standard InChI is InChI=1S/C16H15NO/c1-17-14(12-8-4-2-5-9-12)15(17)16(18)13-10-6-3-7-11-13/h2-11,14-15H,1H3/t14-,15-,17?/m0/s1. The van der Waals surface area contributed by atoms with Gasteiger partial charge in [0.25, 0.3) is 0 Å². The van der Waals surface area contributed by atoms with E-state index in [2.05, 4.69) is 17.0 Å². The number of carbonyl (C=O) groups excluding carboxylic acids is 1.